The van der Waals surface area contributed by atoms with Crippen molar-refractivity contribution in [2.75, 3.05) is 7.11 Å². The van der Waals surface area contributed by atoms with Crippen molar-refractivity contribution < 1.29 is 19.1 Å². The van der Waals surface area contributed by atoms with E-state index in [0.29, 0.717) is 19.3 Å². The van der Waals surface area contributed by atoms with Gasteiger partial charge < -0.3 is 4.74 Å². The van der Waals surface area contributed by atoms with Gasteiger partial charge >= 0.3 is 5.97 Å². The predicted octanol–water partition coefficient (Wildman–Crippen LogP) is 0.734. The number of esters is 1. The Kier molecular flexibility index (Phi) is 3.38. The fourth-order valence-corrected chi connectivity index (χ4v) is 1.80. The first-order chi connectivity index (χ1) is 6.56. The van der Waals surface area contributed by atoms with Gasteiger partial charge in [0, 0.05) is 6.42 Å². The molecule has 0 saturated heterocycles. The highest BCUT2D eigenvalue weighted by Crippen LogP contribution is 2.27. The summed E-state index contributed by atoms with van der Waals surface area (Å²) in [5.41, 5.74) is 0. The summed E-state index contributed by atoms with van der Waals surface area (Å²) in [6.45, 7) is 1.39. The monoisotopic (exact) mass is 198 g/mol. The SMILES string of the molecule is COC(=O)C1CCC(=O)C(C(C)=O)C1. The van der Waals surface area contributed by atoms with Gasteiger partial charge in [-0.3, -0.25) is 14.4 Å². The molecule has 0 bridgehead atoms. The van der Waals surface area contributed by atoms with Gasteiger partial charge in [0.1, 0.15) is 11.6 Å². The lowest BCUT2D eigenvalue weighted by atomic mass is 9.79. The Morgan fingerprint density at radius 1 is 1.43 bits per heavy atom. The number of rotatable bonds is 2. The van der Waals surface area contributed by atoms with E-state index >= 15 is 0 Å². The minimum absolute atomic E-state index is 0.0438. The highest BCUT2D eigenvalue weighted by molar-refractivity contribution is 6.02. The van der Waals surface area contributed by atoms with Gasteiger partial charge in [-0.25, -0.2) is 0 Å². The summed E-state index contributed by atoms with van der Waals surface area (Å²) in [5, 5.41) is 0. The predicted molar refractivity (Wildman–Crippen MR) is 48.5 cm³/mol. The molecule has 0 aromatic heterocycles. The van der Waals surface area contributed by atoms with Crippen molar-refractivity contribution in [1.82, 2.24) is 0 Å². The zero-order valence-electron chi connectivity index (χ0n) is 8.41. The summed E-state index contributed by atoms with van der Waals surface area (Å²) in [7, 11) is 1.32. The van der Waals surface area contributed by atoms with Crippen LogP contribution in [0.2, 0.25) is 0 Å². The van der Waals surface area contributed by atoms with E-state index in [9.17, 15) is 14.4 Å². The molecule has 2 unspecified atom stereocenters. The molecule has 1 aliphatic carbocycles. The molecule has 14 heavy (non-hydrogen) atoms. The first-order valence-corrected chi connectivity index (χ1v) is 4.67. The fraction of sp³-hybridized carbons (Fsp3) is 0.700. The van der Waals surface area contributed by atoms with Crippen LogP contribution in [0.5, 0.6) is 0 Å². The third-order valence-electron chi connectivity index (χ3n) is 2.67. The largest absolute Gasteiger partial charge is 0.469 e. The Morgan fingerprint density at radius 2 is 2.07 bits per heavy atom. The average Bonchev–Trinajstić information content (AvgIpc) is 2.17. The maximum atomic E-state index is 11.3. The second-order valence-corrected chi connectivity index (χ2v) is 3.62. The summed E-state index contributed by atoms with van der Waals surface area (Å²) >= 11 is 0. The molecule has 0 radical (unpaired) electrons. The van der Waals surface area contributed by atoms with Crippen LogP contribution in [0.3, 0.4) is 0 Å². The molecule has 4 nitrogen and oxygen atoms in total. The molecule has 0 aromatic carbocycles. The molecule has 78 valence electrons. The van der Waals surface area contributed by atoms with Crippen molar-refractivity contribution in [2.45, 2.75) is 26.2 Å². The van der Waals surface area contributed by atoms with Gasteiger partial charge in [-0.15, -0.1) is 0 Å². The molecule has 1 aliphatic rings. The standard InChI is InChI=1S/C10H14O4/c1-6(11)8-5-7(10(13)14-2)3-4-9(8)12/h7-8H,3-5H2,1-2H3. The number of methoxy groups -OCH3 is 1. The van der Waals surface area contributed by atoms with E-state index in [1.807, 2.05) is 0 Å². The zero-order valence-corrected chi connectivity index (χ0v) is 8.41. The number of carbonyl (C=O) groups is 3. The van der Waals surface area contributed by atoms with Gasteiger partial charge in [0.05, 0.1) is 18.9 Å². The Morgan fingerprint density at radius 3 is 2.57 bits per heavy atom. The summed E-state index contributed by atoms with van der Waals surface area (Å²) in [6, 6.07) is 0. The van der Waals surface area contributed by atoms with Crippen LogP contribution in [-0.4, -0.2) is 24.6 Å². The van der Waals surface area contributed by atoms with Crippen LogP contribution in [0.1, 0.15) is 26.2 Å². The molecule has 1 fully saturated rings. The van der Waals surface area contributed by atoms with Gasteiger partial charge in [0.2, 0.25) is 0 Å². The highest BCUT2D eigenvalue weighted by atomic mass is 16.5. The molecule has 0 heterocycles. The number of Topliss-reactive ketones (excluding diaryl/α,β-unsaturated/α-hetero) is 2. The quantitative estimate of drug-likeness (QED) is 0.485. The van der Waals surface area contributed by atoms with Crippen LogP contribution in [0.15, 0.2) is 0 Å². The van der Waals surface area contributed by atoms with Crippen molar-refractivity contribution in [3.8, 4) is 0 Å². The van der Waals surface area contributed by atoms with Gasteiger partial charge in [-0.05, 0) is 19.8 Å². The summed E-state index contributed by atoms with van der Waals surface area (Å²) in [5.74, 6) is -1.38. The molecule has 1 saturated carbocycles. The molecule has 0 amide bonds. The molecule has 0 N–H and O–H groups in total. The second kappa shape index (κ2) is 4.35. The average molecular weight is 198 g/mol. The summed E-state index contributed by atoms with van der Waals surface area (Å²) < 4.78 is 4.59. The van der Waals surface area contributed by atoms with Crippen molar-refractivity contribution in [2.24, 2.45) is 11.8 Å². The van der Waals surface area contributed by atoms with Crippen molar-refractivity contribution in [3.05, 3.63) is 0 Å². The minimum Gasteiger partial charge on any atom is -0.469 e. The van der Waals surface area contributed by atoms with Crippen molar-refractivity contribution in [3.63, 3.8) is 0 Å². The Balaban J connectivity index is 2.66. The lowest BCUT2D eigenvalue weighted by Gasteiger charge is -2.24. The number of ketones is 2. The van der Waals surface area contributed by atoms with Crippen LogP contribution in [0.25, 0.3) is 0 Å². The summed E-state index contributed by atoms with van der Waals surface area (Å²) in [6.07, 6.45) is 1.14. The van der Waals surface area contributed by atoms with E-state index in [0.717, 1.165) is 0 Å². The van der Waals surface area contributed by atoms with Gasteiger partial charge in [-0.2, -0.15) is 0 Å². The minimum atomic E-state index is -0.590. The van der Waals surface area contributed by atoms with Crippen LogP contribution in [-0.2, 0) is 19.1 Å². The Hall–Kier alpha value is -1.19. The normalized spacial score (nSPS) is 27.1. The van der Waals surface area contributed by atoms with Gasteiger partial charge in [-0.1, -0.05) is 0 Å². The third-order valence-corrected chi connectivity index (χ3v) is 2.67. The summed E-state index contributed by atoms with van der Waals surface area (Å²) in [4.78, 5) is 33.6. The second-order valence-electron chi connectivity index (χ2n) is 3.62. The zero-order chi connectivity index (χ0) is 10.7. The van der Waals surface area contributed by atoms with E-state index in [2.05, 4.69) is 4.74 Å². The van der Waals surface area contributed by atoms with Crippen molar-refractivity contribution in [1.29, 1.82) is 0 Å². The molecule has 1 rings (SSSR count). The lowest BCUT2D eigenvalue weighted by molar-refractivity contribution is -0.148. The van der Waals surface area contributed by atoms with Gasteiger partial charge in [0.15, 0.2) is 0 Å². The molecule has 0 spiro atoms. The smallest absolute Gasteiger partial charge is 0.308 e. The van der Waals surface area contributed by atoms with Crippen LogP contribution in [0.4, 0.5) is 0 Å². The lowest BCUT2D eigenvalue weighted by Crippen LogP contribution is -2.33. The maximum absolute atomic E-state index is 11.3. The molecular formula is C10H14O4. The van der Waals surface area contributed by atoms with E-state index in [4.69, 9.17) is 0 Å². The number of hydrogen-bond donors (Lipinski definition) is 0. The fourth-order valence-electron chi connectivity index (χ4n) is 1.80. The topological polar surface area (TPSA) is 60.4 Å². The Labute approximate surface area is 82.6 Å². The van der Waals surface area contributed by atoms with Crippen LogP contribution in [0, 0.1) is 11.8 Å². The van der Waals surface area contributed by atoms with E-state index in [1.165, 1.54) is 14.0 Å². The van der Waals surface area contributed by atoms with Gasteiger partial charge in [0.25, 0.3) is 0 Å². The molecule has 0 aromatic rings. The third kappa shape index (κ3) is 2.19. The van der Waals surface area contributed by atoms with E-state index in [1.54, 1.807) is 0 Å². The van der Waals surface area contributed by atoms with Crippen LogP contribution < -0.4 is 0 Å². The number of ether oxygens (including phenoxy) is 1. The van der Waals surface area contributed by atoms with E-state index in [-0.39, 0.29) is 23.5 Å². The maximum Gasteiger partial charge on any atom is 0.308 e. The van der Waals surface area contributed by atoms with E-state index < -0.39 is 5.92 Å². The number of carbonyl (C=O) groups excluding carboxylic acids is 3. The molecule has 4 heteroatoms. The molecule has 2 atom stereocenters. The first-order valence-electron chi connectivity index (χ1n) is 4.67. The number of hydrogen-bond acceptors (Lipinski definition) is 4. The van der Waals surface area contributed by atoms with Crippen LogP contribution >= 0.6 is 0 Å². The molecule has 0 aliphatic heterocycles. The first kappa shape index (κ1) is 10.9. The Bertz CT molecular complexity index is 269. The molecular weight excluding hydrogens is 184 g/mol. The highest BCUT2D eigenvalue weighted by Gasteiger charge is 2.35. The van der Waals surface area contributed by atoms with Crippen molar-refractivity contribution >= 4 is 17.5 Å².